The predicted molar refractivity (Wildman–Crippen MR) is 103 cm³/mol. The van der Waals surface area contributed by atoms with E-state index in [1.165, 1.54) is 0 Å². The molecule has 0 amide bonds. The third kappa shape index (κ3) is 4.31. The van der Waals surface area contributed by atoms with E-state index in [0.717, 1.165) is 39.5 Å². The molecule has 0 fully saturated rings. The van der Waals surface area contributed by atoms with Crippen molar-refractivity contribution >= 4 is 27.4 Å². The van der Waals surface area contributed by atoms with Crippen LogP contribution < -0.4 is 27.5 Å². The molecule has 162 valence electrons. The summed E-state index contributed by atoms with van der Waals surface area (Å²) in [7, 11) is 3.36. The van der Waals surface area contributed by atoms with Crippen LogP contribution in [0.15, 0.2) is 36.4 Å². The lowest BCUT2D eigenvalue weighted by Crippen LogP contribution is -2.54. The van der Waals surface area contributed by atoms with Gasteiger partial charge < -0.3 is 14.2 Å². The largest absolute Gasteiger partial charge is 0.495 e. The van der Waals surface area contributed by atoms with Gasteiger partial charge in [-0.25, -0.2) is 26.3 Å². The SMILES string of the molecule is COc1c[c]([Al]([c]2cc(F)cc(F)c2OC)[c]2cc(F)cc(F)c2OC)c(F)cc1F. The second kappa shape index (κ2) is 9.12. The first-order valence-electron chi connectivity index (χ1n) is 8.80. The Kier molecular flexibility index (Phi) is 6.72. The van der Waals surface area contributed by atoms with Crippen LogP contribution in [0.4, 0.5) is 26.3 Å². The van der Waals surface area contributed by atoms with Crippen LogP contribution in [-0.2, 0) is 0 Å². The zero-order valence-electron chi connectivity index (χ0n) is 16.5. The number of benzene rings is 3. The average molecular weight is 456 g/mol. The molecule has 0 saturated carbocycles. The van der Waals surface area contributed by atoms with Gasteiger partial charge in [-0.05, 0) is 18.2 Å². The van der Waals surface area contributed by atoms with E-state index in [9.17, 15) is 26.3 Å². The second-order valence-electron chi connectivity index (χ2n) is 6.46. The number of hydrogen-bond donors (Lipinski definition) is 0. The van der Waals surface area contributed by atoms with Crippen molar-refractivity contribution in [3.63, 3.8) is 0 Å². The lowest BCUT2D eigenvalue weighted by atomic mass is 10.3. The maximum absolute atomic E-state index is 14.9. The fourth-order valence-corrected chi connectivity index (χ4v) is 6.82. The van der Waals surface area contributed by atoms with Gasteiger partial charge in [0.05, 0.1) is 21.3 Å². The summed E-state index contributed by atoms with van der Waals surface area (Å²) >= 11 is -3.47. The zero-order valence-corrected chi connectivity index (χ0v) is 17.7. The van der Waals surface area contributed by atoms with Crippen LogP contribution in [0.3, 0.4) is 0 Å². The monoisotopic (exact) mass is 456 g/mol. The van der Waals surface area contributed by atoms with Gasteiger partial charge in [0.25, 0.3) is 0 Å². The van der Waals surface area contributed by atoms with Crippen LogP contribution in [0.2, 0.25) is 0 Å². The van der Waals surface area contributed by atoms with Crippen LogP contribution in [-0.4, -0.2) is 35.5 Å². The molecule has 0 heterocycles. The summed E-state index contributed by atoms with van der Waals surface area (Å²) in [6, 6.07) is 4.40. The van der Waals surface area contributed by atoms with Crippen molar-refractivity contribution in [2.75, 3.05) is 21.3 Å². The Morgan fingerprint density at radius 3 is 1.42 bits per heavy atom. The molecule has 3 aromatic carbocycles. The third-order valence-electron chi connectivity index (χ3n) is 4.69. The molecule has 0 aliphatic heterocycles. The third-order valence-corrected chi connectivity index (χ3v) is 7.85. The lowest BCUT2D eigenvalue weighted by Gasteiger charge is -2.21. The molecule has 0 aliphatic carbocycles. The van der Waals surface area contributed by atoms with Crippen molar-refractivity contribution in [1.82, 2.24) is 0 Å². The standard InChI is InChI=1S/3C7H5F2O.Al/c3*1-10-7-3-2-5(8)4-6(7)9;/h3-4H,1H3;2*2,4H,1H3;. The quantitative estimate of drug-likeness (QED) is 0.422. The smallest absolute Gasteiger partial charge is 0.401 e. The first kappa shape index (κ1) is 22.8. The van der Waals surface area contributed by atoms with Crippen LogP contribution in [0.1, 0.15) is 0 Å². The van der Waals surface area contributed by atoms with Gasteiger partial charge >= 0.3 is 14.1 Å². The first-order valence-corrected chi connectivity index (χ1v) is 10.5. The molecule has 0 unspecified atom stereocenters. The number of hydrogen-bond acceptors (Lipinski definition) is 3. The number of rotatable bonds is 6. The summed E-state index contributed by atoms with van der Waals surface area (Å²) in [5, 5.41) is 0. The fourth-order valence-electron chi connectivity index (χ4n) is 3.45. The van der Waals surface area contributed by atoms with E-state index in [0.29, 0.717) is 18.2 Å². The van der Waals surface area contributed by atoms with Gasteiger partial charge in [-0.2, -0.15) is 0 Å². The maximum atomic E-state index is 14.9. The first-order chi connectivity index (χ1) is 14.7. The minimum Gasteiger partial charge on any atom is -0.495 e. The molecule has 31 heavy (non-hydrogen) atoms. The number of ether oxygens (including phenoxy) is 3. The topological polar surface area (TPSA) is 27.7 Å². The van der Waals surface area contributed by atoms with E-state index in [-0.39, 0.29) is 19.0 Å². The van der Waals surface area contributed by atoms with Gasteiger partial charge in [-0.3, -0.25) is 0 Å². The average Bonchev–Trinajstić information content (AvgIpc) is 2.69. The Balaban J connectivity index is 2.47. The van der Waals surface area contributed by atoms with E-state index in [1.54, 1.807) is 0 Å². The maximum Gasteiger partial charge on any atom is 0.401 e. The van der Waals surface area contributed by atoms with Gasteiger partial charge in [0.15, 0.2) is 23.2 Å². The highest BCUT2D eigenvalue weighted by molar-refractivity contribution is 6.96. The van der Waals surface area contributed by atoms with E-state index in [4.69, 9.17) is 14.2 Å². The van der Waals surface area contributed by atoms with Crippen LogP contribution in [0, 0.1) is 34.9 Å². The summed E-state index contributed by atoms with van der Waals surface area (Å²) in [4.78, 5) is 0. The minimum atomic E-state index is -3.47. The number of halogens is 6. The second-order valence-corrected chi connectivity index (χ2v) is 9.19. The molecular weight excluding hydrogens is 441 g/mol. The summed E-state index contributed by atoms with van der Waals surface area (Å²) in [5.74, 6) is -7.58. The highest BCUT2D eigenvalue weighted by atomic mass is 27.2. The number of methoxy groups -OCH3 is 3. The van der Waals surface area contributed by atoms with Crippen molar-refractivity contribution < 1.29 is 40.6 Å². The van der Waals surface area contributed by atoms with Crippen molar-refractivity contribution in [2.45, 2.75) is 0 Å². The van der Waals surface area contributed by atoms with Crippen molar-refractivity contribution in [2.24, 2.45) is 0 Å². The van der Waals surface area contributed by atoms with Gasteiger partial charge in [-0.15, -0.1) is 0 Å². The highest BCUT2D eigenvalue weighted by Crippen LogP contribution is 2.23. The molecule has 0 radical (unpaired) electrons. The van der Waals surface area contributed by atoms with Crippen molar-refractivity contribution in [3.05, 3.63) is 71.3 Å². The Hall–Kier alpha value is -2.83. The Bertz CT molecular complexity index is 1080. The molecule has 3 aromatic rings. The van der Waals surface area contributed by atoms with E-state index < -0.39 is 60.6 Å². The van der Waals surface area contributed by atoms with Crippen molar-refractivity contribution in [1.29, 1.82) is 0 Å². The zero-order chi connectivity index (χ0) is 22.9. The van der Waals surface area contributed by atoms with Crippen LogP contribution in [0.25, 0.3) is 0 Å². The van der Waals surface area contributed by atoms with Crippen LogP contribution >= 0.6 is 0 Å². The van der Waals surface area contributed by atoms with Gasteiger partial charge in [0.2, 0.25) is 0 Å². The Labute approximate surface area is 178 Å². The molecule has 0 aliphatic rings. The molecule has 3 nitrogen and oxygen atoms in total. The molecule has 0 atom stereocenters. The molecule has 0 N–H and O–H groups in total. The Morgan fingerprint density at radius 2 is 1.00 bits per heavy atom. The predicted octanol–water partition coefficient (Wildman–Crippen LogP) is 3.06. The van der Waals surface area contributed by atoms with Crippen molar-refractivity contribution in [3.8, 4) is 17.2 Å². The summed E-state index contributed by atoms with van der Waals surface area (Å²) in [6.07, 6.45) is 0. The molecule has 10 heteroatoms. The van der Waals surface area contributed by atoms with Gasteiger partial charge in [-0.1, -0.05) is 13.3 Å². The molecular formula is C21H15AlF6O3. The van der Waals surface area contributed by atoms with E-state index in [2.05, 4.69) is 0 Å². The highest BCUT2D eigenvalue weighted by Gasteiger charge is 2.37. The van der Waals surface area contributed by atoms with E-state index >= 15 is 0 Å². The van der Waals surface area contributed by atoms with Crippen LogP contribution in [0.5, 0.6) is 17.2 Å². The summed E-state index contributed by atoms with van der Waals surface area (Å²) in [6.45, 7) is 0. The molecule has 0 spiro atoms. The molecule has 0 aromatic heterocycles. The minimum absolute atomic E-state index is 0.170. The van der Waals surface area contributed by atoms with E-state index in [1.807, 2.05) is 0 Å². The summed E-state index contributed by atoms with van der Waals surface area (Å²) in [5.41, 5.74) is 0. The molecule has 0 bridgehead atoms. The normalized spacial score (nSPS) is 10.7. The molecule has 0 saturated heterocycles. The summed E-state index contributed by atoms with van der Waals surface area (Å²) < 4.78 is 101. The van der Waals surface area contributed by atoms with Gasteiger partial charge in [0, 0.05) is 18.2 Å². The molecule has 3 rings (SSSR count). The van der Waals surface area contributed by atoms with Gasteiger partial charge in [0.1, 0.15) is 29.0 Å². The fraction of sp³-hybridized carbons (Fsp3) is 0.143. The Morgan fingerprint density at radius 1 is 0.516 bits per heavy atom. The lowest BCUT2D eigenvalue weighted by molar-refractivity contribution is 0.384.